The van der Waals surface area contributed by atoms with Crippen LogP contribution in [0.15, 0.2) is 0 Å². The van der Waals surface area contributed by atoms with Crippen LogP contribution in [0.5, 0.6) is 0 Å². The van der Waals surface area contributed by atoms with Crippen LogP contribution in [-0.4, -0.2) is 45.3 Å². The van der Waals surface area contributed by atoms with Gasteiger partial charge in [0.2, 0.25) is 0 Å². The fourth-order valence-electron chi connectivity index (χ4n) is 0.408. The van der Waals surface area contributed by atoms with Crippen molar-refractivity contribution in [3.05, 3.63) is 0 Å². The van der Waals surface area contributed by atoms with E-state index in [1.807, 2.05) is 0 Å². The second kappa shape index (κ2) is 32.7. The summed E-state index contributed by atoms with van der Waals surface area (Å²) in [5.41, 5.74) is 0. The molecular weight excluding hydrogens is 340 g/mol. The molecule has 22 heavy (non-hydrogen) atoms. The Balaban J connectivity index is -0.0000000383. The maximum absolute atomic E-state index is 9.49. The van der Waals surface area contributed by atoms with Crippen molar-refractivity contribution in [2.45, 2.75) is 79.4 Å². The summed E-state index contributed by atoms with van der Waals surface area (Å²) in [7, 11) is 0. The molecule has 0 aromatic rings. The van der Waals surface area contributed by atoms with Crippen LogP contribution in [0.25, 0.3) is 0 Å². The van der Waals surface area contributed by atoms with Crippen molar-refractivity contribution < 1.29 is 51.7 Å². The first-order valence-corrected chi connectivity index (χ1v) is 6.76. The third-order valence-corrected chi connectivity index (χ3v) is 0.908. The van der Waals surface area contributed by atoms with E-state index in [4.69, 9.17) is 10.2 Å². The smallest absolute Gasteiger partial charge is 0.550 e. The van der Waals surface area contributed by atoms with Gasteiger partial charge in [0.1, 0.15) is 0 Å². The predicted molar refractivity (Wildman–Crippen MR) is 85.9 cm³/mol. The van der Waals surface area contributed by atoms with E-state index in [-0.39, 0.29) is 57.7 Å². The third kappa shape index (κ3) is 208. The molecule has 0 fully saturated rings. The average molecular weight is 374 g/mol. The molecule has 0 heterocycles. The molecule has 8 heteroatoms. The van der Waals surface area contributed by atoms with Gasteiger partial charge in [0.05, 0.1) is 0 Å². The van der Waals surface area contributed by atoms with E-state index in [1.165, 1.54) is 0 Å². The number of aliphatic hydroxyl groups is 2. The van der Waals surface area contributed by atoms with Crippen molar-refractivity contribution in [2.75, 3.05) is 0 Å². The first kappa shape index (κ1) is 37.8. The molecular formula is C14H34O6SiTi. The maximum Gasteiger partial charge on any atom is 2.00 e. The number of carbonyl (C=O) groups excluding carboxylic acids is 2. The summed E-state index contributed by atoms with van der Waals surface area (Å²) in [5.74, 6) is -1.92. The van der Waals surface area contributed by atoms with Gasteiger partial charge in [-0.2, -0.15) is 0 Å². The molecule has 0 saturated heterocycles. The van der Waals surface area contributed by atoms with Crippen molar-refractivity contribution in [1.29, 1.82) is 0 Å². The largest absolute Gasteiger partial charge is 2.00 e. The van der Waals surface area contributed by atoms with Gasteiger partial charge in [-0.3, -0.25) is 0 Å². The average Bonchev–Trinajstić information content (AvgIpc) is 2.15. The van der Waals surface area contributed by atoms with Crippen molar-refractivity contribution >= 4 is 22.9 Å². The van der Waals surface area contributed by atoms with Gasteiger partial charge in [0, 0.05) is 24.1 Å². The number of aliphatic hydroxyl groups excluding tert-OH is 2. The Morgan fingerprint density at radius 1 is 0.818 bits per heavy atom. The van der Waals surface area contributed by atoms with Crippen LogP contribution in [0.3, 0.4) is 0 Å². The Morgan fingerprint density at radius 3 is 0.955 bits per heavy atom. The standard InChI is InChI=1S/2C4H8O2.2C3H8O.H4Si.Ti/c2*1-2-3-4(5)6;2*1-3(2)4;;/h2*2-3H2,1H3,(H,5,6);2*3-4H,1-2H3;1H4;/q;;;;;+2/p-2. The summed E-state index contributed by atoms with van der Waals surface area (Å²) in [6, 6.07) is 0. The fraction of sp³-hybridized carbons (Fsp3) is 0.857. The Labute approximate surface area is 154 Å². The van der Waals surface area contributed by atoms with Gasteiger partial charge in [-0.15, -0.1) is 0 Å². The van der Waals surface area contributed by atoms with E-state index in [0.29, 0.717) is 12.8 Å². The van der Waals surface area contributed by atoms with Crippen LogP contribution < -0.4 is 10.2 Å². The molecule has 0 amide bonds. The zero-order valence-corrected chi connectivity index (χ0v) is 15.6. The summed E-state index contributed by atoms with van der Waals surface area (Å²) in [6.45, 7) is 10.5. The van der Waals surface area contributed by atoms with Crippen molar-refractivity contribution in [3.63, 3.8) is 0 Å². The molecule has 0 aliphatic rings. The molecule has 0 radical (unpaired) electrons. The minimum Gasteiger partial charge on any atom is -0.550 e. The maximum atomic E-state index is 9.49. The Morgan fingerprint density at radius 2 is 0.955 bits per heavy atom. The molecule has 0 atom stereocenters. The second-order valence-electron chi connectivity index (χ2n) is 4.43. The van der Waals surface area contributed by atoms with Crippen LogP contribution in [0.2, 0.25) is 0 Å². The summed E-state index contributed by atoms with van der Waals surface area (Å²) in [6.07, 6.45) is 1.37. The third-order valence-electron chi connectivity index (χ3n) is 0.908. The Kier molecular flexibility index (Phi) is 56.1. The first-order chi connectivity index (χ1) is 9.00. The van der Waals surface area contributed by atoms with Crippen LogP contribution in [0.4, 0.5) is 0 Å². The number of hydrogen-bond donors (Lipinski definition) is 2. The van der Waals surface area contributed by atoms with Crippen LogP contribution in [-0.2, 0) is 31.3 Å². The van der Waals surface area contributed by atoms with Crippen molar-refractivity contribution in [2.24, 2.45) is 0 Å². The SMILES string of the molecule is CC(C)O.CC(C)O.CCCC(=O)[O-].CCCC(=O)[O-].[SiH4].[Ti+2]. The Bertz CT molecular complexity index is 186. The van der Waals surface area contributed by atoms with Crippen LogP contribution in [0, 0.1) is 0 Å². The molecule has 0 aliphatic heterocycles. The number of hydrogen-bond acceptors (Lipinski definition) is 6. The molecule has 0 rings (SSSR count). The van der Waals surface area contributed by atoms with Gasteiger partial charge in [0.25, 0.3) is 0 Å². The summed E-state index contributed by atoms with van der Waals surface area (Å²) >= 11 is 0. The zero-order valence-electron chi connectivity index (χ0n) is 14.0. The number of rotatable bonds is 4. The summed E-state index contributed by atoms with van der Waals surface area (Å²) in [4.78, 5) is 19.0. The van der Waals surface area contributed by atoms with Crippen molar-refractivity contribution in [3.8, 4) is 0 Å². The zero-order chi connectivity index (χ0) is 17.1. The minimum absolute atomic E-state index is 0. The quantitative estimate of drug-likeness (QED) is 0.572. The molecule has 6 nitrogen and oxygen atoms in total. The normalized spacial score (nSPS) is 7.73. The van der Waals surface area contributed by atoms with Gasteiger partial charge in [-0.05, 0) is 51.5 Å². The molecule has 0 spiro atoms. The second-order valence-corrected chi connectivity index (χ2v) is 4.43. The van der Waals surface area contributed by atoms with Crippen LogP contribution in [0.1, 0.15) is 67.2 Å². The predicted octanol–water partition coefficient (Wildman–Crippen LogP) is -1.61. The fourth-order valence-corrected chi connectivity index (χ4v) is 0.408. The van der Waals surface area contributed by atoms with Gasteiger partial charge in [-0.1, -0.05) is 26.7 Å². The van der Waals surface area contributed by atoms with E-state index < -0.39 is 11.9 Å². The summed E-state index contributed by atoms with van der Waals surface area (Å²) < 4.78 is 0. The number of aliphatic carboxylic acids is 2. The number of carbonyl (C=O) groups is 2. The molecule has 0 aromatic carbocycles. The molecule has 0 aliphatic carbocycles. The molecule has 0 unspecified atom stereocenters. The van der Waals surface area contributed by atoms with Crippen molar-refractivity contribution in [1.82, 2.24) is 0 Å². The van der Waals surface area contributed by atoms with Gasteiger partial charge in [-0.25, -0.2) is 0 Å². The monoisotopic (exact) mass is 374 g/mol. The molecule has 2 N–H and O–H groups in total. The molecule has 0 aromatic heterocycles. The van der Waals surface area contributed by atoms with E-state index in [2.05, 4.69) is 0 Å². The van der Waals surface area contributed by atoms with E-state index in [1.54, 1.807) is 41.5 Å². The number of carboxylic acids is 2. The van der Waals surface area contributed by atoms with Gasteiger partial charge < -0.3 is 30.0 Å². The molecule has 0 bridgehead atoms. The topological polar surface area (TPSA) is 121 Å². The van der Waals surface area contributed by atoms with E-state index in [0.717, 1.165) is 0 Å². The first-order valence-electron chi connectivity index (χ1n) is 6.76. The minimum atomic E-state index is -0.961. The van der Waals surface area contributed by atoms with Gasteiger partial charge in [0.15, 0.2) is 0 Å². The Hall–Kier alpha value is -0.209. The molecule has 134 valence electrons. The number of carboxylic acid groups (broad SMARTS) is 2. The molecule has 0 saturated carbocycles. The van der Waals surface area contributed by atoms with E-state index >= 15 is 0 Å². The summed E-state index contributed by atoms with van der Waals surface area (Å²) in [5, 5.41) is 35.1. The van der Waals surface area contributed by atoms with E-state index in [9.17, 15) is 19.8 Å². The van der Waals surface area contributed by atoms with Gasteiger partial charge >= 0.3 is 21.7 Å². The van der Waals surface area contributed by atoms with Crippen LogP contribution >= 0.6 is 0 Å².